The Kier molecular flexibility index (Phi) is 14.0. The lowest BCUT2D eigenvalue weighted by molar-refractivity contribution is -0.143. The van der Waals surface area contributed by atoms with Crippen LogP contribution in [0.5, 0.6) is 0 Å². The van der Waals surface area contributed by atoms with Crippen LogP contribution in [0.3, 0.4) is 0 Å². The summed E-state index contributed by atoms with van der Waals surface area (Å²) >= 11 is 0. The summed E-state index contributed by atoms with van der Waals surface area (Å²) in [6, 6.07) is 0. The van der Waals surface area contributed by atoms with Crippen molar-refractivity contribution in [3.05, 3.63) is 11.1 Å². The zero-order chi connectivity index (χ0) is 20.7. The monoisotopic (exact) mass is 382 g/mol. The van der Waals surface area contributed by atoms with Crippen LogP contribution in [0, 0.1) is 5.41 Å². The number of rotatable bonds is 14. The first-order valence-corrected chi connectivity index (χ1v) is 10.8. The maximum atomic E-state index is 12.8. The van der Waals surface area contributed by atoms with Crippen LogP contribution >= 0.6 is 0 Å². The molecule has 4 nitrogen and oxygen atoms in total. The second-order valence-corrected chi connectivity index (χ2v) is 8.48. The molecule has 0 amide bonds. The predicted octanol–water partition coefficient (Wildman–Crippen LogP) is 6.38. The van der Waals surface area contributed by atoms with E-state index in [1.165, 1.54) is 0 Å². The van der Waals surface area contributed by atoms with Gasteiger partial charge in [0.2, 0.25) is 0 Å². The highest BCUT2D eigenvalue weighted by atomic mass is 16.5. The molecule has 0 atom stereocenters. The van der Waals surface area contributed by atoms with Crippen molar-refractivity contribution >= 4 is 11.9 Å². The van der Waals surface area contributed by atoms with Crippen molar-refractivity contribution in [2.24, 2.45) is 5.41 Å². The highest BCUT2D eigenvalue weighted by Gasteiger charge is 2.27. The lowest BCUT2D eigenvalue weighted by atomic mass is 9.85. The highest BCUT2D eigenvalue weighted by molar-refractivity contribution is 6.00. The van der Waals surface area contributed by atoms with Gasteiger partial charge < -0.3 is 9.47 Å². The van der Waals surface area contributed by atoms with Gasteiger partial charge in [-0.25, -0.2) is 9.59 Å². The van der Waals surface area contributed by atoms with Gasteiger partial charge in [0.1, 0.15) is 0 Å². The van der Waals surface area contributed by atoms with Crippen molar-refractivity contribution in [2.75, 3.05) is 13.2 Å². The molecular weight excluding hydrogens is 340 g/mol. The maximum absolute atomic E-state index is 12.8. The van der Waals surface area contributed by atoms with E-state index in [0.717, 1.165) is 51.4 Å². The van der Waals surface area contributed by atoms with Gasteiger partial charge in [-0.1, -0.05) is 73.6 Å². The molecule has 0 aromatic heterocycles. The maximum Gasteiger partial charge on any atom is 0.334 e. The minimum absolute atomic E-state index is 0.114. The number of hydrogen-bond donors (Lipinski definition) is 0. The molecule has 0 aromatic rings. The SMILES string of the molecule is CCCCCC/C(C(=O)OCCCC)=C(\CC(C)(C)C)C(=O)OCCCC. The number of hydrogen-bond acceptors (Lipinski definition) is 4. The van der Waals surface area contributed by atoms with Gasteiger partial charge in [0.25, 0.3) is 0 Å². The second kappa shape index (κ2) is 14.7. The van der Waals surface area contributed by atoms with Crippen LogP contribution < -0.4 is 0 Å². The van der Waals surface area contributed by atoms with E-state index in [2.05, 4.69) is 41.5 Å². The van der Waals surface area contributed by atoms with E-state index in [0.29, 0.717) is 37.2 Å². The third-order valence-electron chi connectivity index (χ3n) is 4.31. The van der Waals surface area contributed by atoms with Crippen molar-refractivity contribution in [3.63, 3.8) is 0 Å². The topological polar surface area (TPSA) is 52.6 Å². The molecule has 0 aliphatic rings. The molecule has 0 N–H and O–H groups in total. The van der Waals surface area contributed by atoms with Crippen molar-refractivity contribution in [1.29, 1.82) is 0 Å². The zero-order valence-electron chi connectivity index (χ0n) is 18.6. The molecule has 0 aromatic carbocycles. The molecule has 0 unspecified atom stereocenters. The summed E-state index contributed by atoms with van der Waals surface area (Å²) in [4.78, 5) is 25.5. The number of esters is 2. The summed E-state index contributed by atoms with van der Waals surface area (Å²) in [5, 5.41) is 0. The lowest BCUT2D eigenvalue weighted by Crippen LogP contribution is -2.21. The molecule has 27 heavy (non-hydrogen) atoms. The summed E-state index contributed by atoms with van der Waals surface area (Å²) in [5.41, 5.74) is 0.924. The first kappa shape index (κ1) is 25.7. The second-order valence-electron chi connectivity index (χ2n) is 8.48. The quantitative estimate of drug-likeness (QED) is 0.199. The number of carbonyl (C=O) groups is 2. The third kappa shape index (κ3) is 12.6. The van der Waals surface area contributed by atoms with Crippen LogP contribution in [0.2, 0.25) is 0 Å². The summed E-state index contributed by atoms with van der Waals surface area (Å²) in [6.45, 7) is 13.3. The molecule has 0 saturated carbocycles. The van der Waals surface area contributed by atoms with Crippen molar-refractivity contribution < 1.29 is 19.1 Å². The Morgan fingerprint density at radius 1 is 0.667 bits per heavy atom. The molecule has 0 aliphatic carbocycles. The minimum atomic E-state index is -0.351. The summed E-state index contributed by atoms with van der Waals surface area (Å²) < 4.78 is 10.9. The van der Waals surface area contributed by atoms with Gasteiger partial charge in [0.15, 0.2) is 0 Å². The Labute approximate surface area is 167 Å². The molecule has 0 spiro atoms. The van der Waals surface area contributed by atoms with Crippen LogP contribution in [-0.4, -0.2) is 25.2 Å². The van der Waals surface area contributed by atoms with Crippen molar-refractivity contribution in [2.45, 2.75) is 106 Å². The average molecular weight is 383 g/mol. The Morgan fingerprint density at radius 3 is 1.59 bits per heavy atom. The largest absolute Gasteiger partial charge is 0.462 e. The molecule has 0 fully saturated rings. The standard InChI is InChI=1S/C23H42O4/c1-7-10-13-14-15-19(21(24)26-16-11-8-2)20(18-23(4,5)6)22(25)27-17-12-9-3/h7-18H2,1-6H3/b20-19-. The van der Waals surface area contributed by atoms with Gasteiger partial charge in [-0.3, -0.25) is 0 Å². The van der Waals surface area contributed by atoms with Crippen molar-refractivity contribution in [1.82, 2.24) is 0 Å². The normalized spacial score (nSPS) is 12.5. The van der Waals surface area contributed by atoms with Gasteiger partial charge >= 0.3 is 11.9 Å². The van der Waals surface area contributed by atoms with E-state index in [1.54, 1.807) is 0 Å². The molecule has 0 radical (unpaired) electrons. The van der Waals surface area contributed by atoms with E-state index in [4.69, 9.17) is 9.47 Å². The lowest BCUT2D eigenvalue weighted by Gasteiger charge is -2.22. The summed E-state index contributed by atoms with van der Waals surface area (Å²) in [7, 11) is 0. The van der Waals surface area contributed by atoms with E-state index < -0.39 is 0 Å². The number of unbranched alkanes of at least 4 members (excludes halogenated alkanes) is 5. The average Bonchev–Trinajstić information content (AvgIpc) is 2.59. The first-order valence-electron chi connectivity index (χ1n) is 10.8. The van der Waals surface area contributed by atoms with Crippen LogP contribution in [0.25, 0.3) is 0 Å². The molecule has 0 bridgehead atoms. The summed E-state index contributed by atoms with van der Waals surface area (Å²) in [5.74, 6) is -0.692. The minimum Gasteiger partial charge on any atom is -0.462 e. The fourth-order valence-corrected chi connectivity index (χ4v) is 2.73. The van der Waals surface area contributed by atoms with E-state index in [-0.39, 0.29) is 17.4 Å². The molecular formula is C23H42O4. The molecule has 0 heterocycles. The van der Waals surface area contributed by atoms with Crippen LogP contribution in [0.4, 0.5) is 0 Å². The molecule has 0 aliphatic heterocycles. The Bertz CT molecular complexity index is 457. The molecule has 158 valence electrons. The third-order valence-corrected chi connectivity index (χ3v) is 4.31. The smallest absolute Gasteiger partial charge is 0.334 e. The van der Waals surface area contributed by atoms with E-state index >= 15 is 0 Å². The fraction of sp³-hybridized carbons (Fsp3) is 0.826. The molecule has 4 heteroatoms. The molecule has 0 saturated heterocycles. The van der Waals surface area contributed by atoms with Crippen LogP contribution in [0.1, 0.15) is 106 Å². The predicted molar refractivity (Wildman–Crippen MR) is 112 cm³/mol. The first-order chi connectivity index (χ1) is 12.8. The van der Waals surface area contributed by atoms with Gasteiger partial charge in [0.05, 0.1) is 13.2 Å². The van der Waals surface area contributed by atoms with Gasteiger partial charge in [-0.15, -0.1) is 0 Å². The molecule has 0 rings (SSSR count). The van der Waals surface area contributed by atoms with E-state index in [9.17, 15) is 9.59 Å². The van der Waals surface area contributed by atoms with Gasteiger partial charge in [-0.2, -0.15) is 0 Å². The van der Waals surface area contributed by atoms with Crippen molar-refractivity contribution in [3.8, 4) is 0 Å². The van der Waals surface area contributed by atoms with E-state index in [1.807, 2.05) is 0 Å². The van der Waals surface area contributed by atoms with Gasteiger partial charge in [-0.05, 0) is 37.5 Å². The highest BCUT2D eigenvalue weighted by Crippen LogP contribution is 2.29. The number of ether oxygens (including phenoxy) is 2. The van der Waals surface area contributed by atoms with Crippen LogP contribution in [-0.2, 0) is 19.1 Å². The fourth-order valence-electron chi connectivity index (χ4n) is 2.73. The Hall–Kier alpha value is -1.32. The Morgan fingerprint density at radius 2 is 1.15 bits per heavy atom. The van der Waals surface area contributed by atoms with Gasteiger partial charge in [0, 0.05) is 11.1 Å². The zero-order valence-corrected chi connectivity index (χ0v) is 18.6. The summed E-state index contributed by atoms with van der Waals surface area (Å²) in [6.07, 6.45) is 8.92. The Balaban J connectivity index is 5.54. The number of carbonyl (C=O) groups excluding carboxylic acids is 2. The van der Waals surface area contributed by atoms with Crippen LogP contribution in [0.15, 0.2) is 11.1 Å².